The van der Waals surface area contributed by atoms with E-state index in [0.717, 1.165) is 10.0 Å². The summed E-state index contributed by atoms with van der Waals surface area (Å²) >= 11 is 3.39. The van der Waals surface area contributed by atoms with Crippen LogP contribution in [0.3, 0.4) is 0 Å². The fourth-order valence-electron chi connectivity index (χ4n) is 2.01. The van der Waals surface area contributed by atoms with Crippen molar-refractivity contribution in [2.24, 2.45) is 5.73 Å². The third-order valence-corrected chi connectivity index (χ3v) is 3.66. The Morgan fingerprint density at radius 2 is 1.76 bits per heavy atom. The average molecular weight is 360 g/mol. The van der Waals surface area contributed by atoms with E-state index < -0.39 is 12.4 Å². The Labute approximate surface area is 128 Å². The highest BCUT2D eigenvalue weighted by Gasteiger charge is 2.32. The highest BCUT2D eigenvalue weighted by Crippen LogP contribution is 2.34. The lowest BCUT2D eigenvalue weighted by Gasteiger charge is -2.19. The summed E-state index contributed by atoms with van der Waals surface area (Å²) in [5.74, 6) is -0.287. The standard InChI is InChI=1S/C15H13BrF3NO/c1-9-6-7-10(12(16)8-9)14(20)11-4-2-3-5-13(11)21-15(17,18)19/h2-8,14H,20H2,1H3. The summed E-state index contributed by atoms with van der Waals surface area (Å²) in [4.78, 5) is 0. The molecule has 112 valence electrons. The predicted molar refractivity (Wildman–Crippen MR) is 78.0 cm³/mol. The van der Waals surface area contributed by atoms with Crippen molar-refractivity contribution in [3.05, 3.63) is 63.6 Å². The Morgan fingerprint density at radius 3 is 2.38 bits per heavy atom. The van der Waals surface area contributed by atoms with Gasteiger partial charge in [-0.15, -0.1) is 13.2 Å². The van der Waals surface area contributed by atoms with E-state index in [0.29, 0.717) is 5.56 Å². The Kier molecular flexibility index (Phi) is 4.58. The van der Waals surface area contributed by atoms with Gasteiger partial charge < -0.3 is 10.5 Å². The predicted octanol–water partition coefficient (Wildman–Crippen LogP) is 4.70. The Morgan fingerprint density at radius 1 is 1.10 bits per heavy atom. The number of benzene rings is 2. The molecule has 0 aromatic heterocycles. The minimum Gasteiger partial charge on any atom is -0.405 e. The molecule has 0 amide bonds. The van der Waals surface area contributed by atoms with Crippen LogP contribution < -0.4 is 10.5 Å². The quantitative estimate of drug-likeness (QED) is 0.861. The van der Waals surface area contributed by atoms with Crippen LogP contribution in [-0.4, -0.2) is 6.36 Å². The minimum atomic E-state index is -4.75. The van der Waals surface area contributed by atoms with Crippen molar-refractivity contribution in [3.63, 3.8) is 0 Å². The van der Waals surface area contributed by atoms with E-state index in [2.05, 4.69) is 20.7 Å². The summed E-state index contributed by atoms with van der Waals surface area (Å²) in [6, 6.07) is 10.7. The smallest absolute Gasteiger partial charge is 0.405 e. The highest BCUT2D eigenvalue weighted by molar-refractivity contribution is 9.10. The van der Waals surface area contributed by atoms with Gasteiger partial charge in [0, 0.05) is 10.0 Å². The van der Waals surface area contributed by atoms with Crippen molar-refractivity contribution in [2.75, 3.05) is 0 Å². The fraction of sp³-hybridized carbons (Fsp3) is 0.200. The second kappa shape index (κ2) is 6.07. The molecular formula is C15H13BrF3NO. The molecule has 2 aromatic rings. The van der Waals surface area contributed by atoms with E-state index in [1.165, 1.54) is 18.2 Å². The highest BCUT2D eigenvalue weighted by atomic mass is 79.9. The summed E-state index contributed by atoms with van der Waals surface area (Å²) in [6.07, 6.45) is -4.75. The monoisotopic (exact) mass is 359 g/mol. The molecule has 0 heterocycles. The van der Waals surface area contributed by atoms with Crippen molar-refractivity contribution in [2.45, 2.75) is 19.3 Å². The van der Waals surface area contributed by atoms with E-state index in [-0.39, 0.29) is 11.3 Å². The lowest BCUT2D eigenvalue weighted by molar-refractivity contribution is -0.274. The average Bonchev–Trinajstić information content (AvgIpc) is 2.36. The molecule has 0 aliphatic rings. The van der Waals surface area contributed by atoms with Gasteiger partial charge in [0.2, 0.25) is 0 Å². The zero-order valence-corrected chi connectivity index (χ0v) is 12.7. The number of hydrogen-bond acceptors (Lipinski definition) is 2. The first-order chi connectivity index (χ1) is 9.78. The number of nitrogens with two attached hydrogens (primary N) is 1. The molecule has 2 nitrogen and oxygen atoms in total. The SMILES string of the molecule is Cc1ccc(C(N)c2ccccc2OC(F)(F)F)c(Br)c1. The molecule has 6 heteroatoms. The van der Waals surface area contributed by atoms with Crippen LogP contribution in [0.1, 0.15) is 22.7 Å². The van der Waals surface area contributed by atoms with Crippen molar-refractivity contribution >= 4 is 15.9 Å². The molecule has 1 atom stereocenters. The van der Waals surface area contributed by atoms with Gasteiger partial charge in [0.25, 0.3) is 0 Å². The van der Waals surface area contributed by atoms with Gasteiger partial charge in [0.05, 0.1) is 6.04 Å². The van der Waals surface area contributed by atoms with Crippen molar-refractivity contribution < 1.29 is 17.9 Å². The van der Waals surface area contributed by atoms with Crippen LogP contribution in [0.15, 0.2) is 46.9 Å². The van der Waals surface area contributed by atoms with Crippen molar-refractivity contribution in [1.82, 2.24) is 0 Å². The maximum Gasteiger partial charge on any atom is 0.573 e. The molecule has 1 unspecified atom stereocenters. The molecular weight excluding hydrogens is 347 g/mol. The van der Waals surface area contributed by atoms with Crippen molar-refractivity contribution in [3.8, 4) is 5.75 Å². The van der Waals surface area contributed by atoms with Crippen LogP contribution in [0, 0.1) is 6.92 Å². The number of rotatable bonds is 3. The third-order valence-electron chi connectivity index (χ3n) is 2.97. The zero-order valence-electron chi connectivity index (χ0n) is 11.1. The van der Waals surface area contributed by atoms with Crippen LogP contribution >= 0.6 is 15.9 Å². The fourth-order valence-corrected chi connectivity index (χ4v) is 2.75. The summed E-state index contributed by atoms with van der Waals surface area (Å²) in [6.45, 7) is 1.92. The molecule has 0 aliphatic heterocycles. The second-order valence-electron chi connectivity index (χ2n) is 4.59. The number of alkyl halides is 3. The van der Waals surface area contributed by atoms with Crippen LogP contribution in [0.4, 0.5) is 13.2 Å². The molecule has 2 aromatic carbocycles. The summed E-state index contributed by atoms with van der Waals surface area (Å²) in [7, 11) is 0. The first kappa shape index (κ1) is 15.9. The number of halogens is 4. The largest absolute Gasteiger partial charge is 0.573 e. The van der Waals surface area contributed by atoms with Gasteiger partial charge in [-0.2, -0.15) is 0 Å². The van der Waals surface area contributed by atoms with E-state index in [9.17, 15) is 13.2 Å². The van der Waals surface area contributed by atoms with Crippen LogP contribution in [-0.2, 0) is 0 Å². The van der Waals surface area contributed by atoms with Crippen LogP contribution in [0.2, 0.25) is 0 Å². The van der Waals surface area contributed by atoms with E-state index in [1.807, 2.05) is 19.1 Å². The molecule has 21 heavy (non-hydrogen) atoms. The Balaban J connectivity index is 2.41. The van der Waals surface area contributed by atoms with Gasteiger partial charge in [0.15, 0.2) is 0 Å². The molecule has 0 aliphatic carbocycles. The normalized spacial score (nSPS) is 13.0. The Hall–Kier alpha value is -1.53. The second-order valence-corrected chi connectivity index (χ2v) is 5.44. The molecule has 0 radical (unpaired) electrons. The first-order valence-electron chi connectivity index (χ1n) is 6.14. The van der Waals surface area contributed by atoms with Crippen LogP contribution in [0.25, 0.3) is 0 Å². The molecule has 2 N–H and O–H groups in total. The maximum absolute atomic E-state index is 12.4. The number of aryl methyl sites for hydroxylation is 1. The number of ether oxygens (including phenoxy) is 1. The first-order valence-corrected chi connectivity index (χ1v) is 6.93. The third kappa shape index (κ3) is 3.98. The Bertz CT molecular complexity index is 643. The van der Waals surface area contributed by atoms with Gasteiger partial charge >= 0.3 is 6.36 Å². The van der Waals surface area contributed by atoms with Gasteiger partial charge in [0.1, 0.15) is 5.75 Å². The summed E-state index contributed by atoms with van der Waals surface area (Å²) in [5.41, 5.74) is 8.11. The van der Waals surface area contributed by atoms with Gasteiger partial charge in [-0.25, -0.2) is 0 Å². The van der Waals surface area contributed by atoms with E-state index in [4.69, 9.17) is 5.73 Å². The minimum absolute atomic E-state index is 0.277. The summed E-state index contributed by atoms with van der Waals surface area (Å²) < 4.78 is 42.1. The summed E-state index contributed by atoms with van der Waals surface area (Å²) in [5, 5.41) is 0. The topological polar surface area (TPSA) is 35.2 Å². The number of para-hydroxylation sites is 1. The molecule has 2 rings (SSSR count). The van der Waals surface area contributed by atoms with Crippen LogP contribution in [0.5, 0.6) is 5.75 Å². The molecule has 0 fully saturated rings. The van der Waals surface area contributed by atoms with Gasteiger partial charge in [-0.3, -0.25) is 0 Å². The molecule has 0 saturated heterocycles. The molecule has 0 bridgehead atoms. The lowest BCUT2D eigenvalue weighted by atomic mass is 9.98. The molecule has 0 saturated carbocycles. The van der Waals surface area contributed by atoms with E-state index in [1.54, 1.807) is 12.1 Å². The lowest BCUT2D eigenvalue weighted by Crippen LogP contribution is -2.20. The maximum atomic E-state index is 12.4. The van der Waals surface area contributed by atoms with Gasteiger partial charge in [-0.05, 0) is 30.2 Å². The number of hydrogen-bond donors (Lipinski definition) is 1. The zero-order chi connectivity index (χ0) is 15.6. The molecule has 0 spiro atoms. The van der Waals surface area contributed by atoms with Crippen molar-refractivity contribution in [1.29, 1.82) is 0 Å². The van der Waals surface area contributed by atoms with Gasteiger partial charge in [-0.1, -0.05) is 46.3 Å². The van der Waals surface area contributed by atoms with E-state index >= 15 is 0 Å².